The second-order valence-electron chi connectivity index (χ2n) is 5.00. The number of hydrogen-bond donors (Lipinski definition) is 1. The highest BCUT2D eigenvalue weighted by Crippen LogP contribution is 2.29. The van der Waals surface area contributed by atoms with Crippen molar-refractivity contribution >= 4 is 6.16 Å². The van der Waals surface area contributed by atoms with Gasteiger partial charge in [0.2, 0.25) is 0 Å². The monoisotopic (exact) mass is 206 g/mol. The molecular weight excluding hydrogens is 188 g/mol. The molecule has 0 spiro atoms. The second-order valence-corrected chi connectivity index (χ2v) is 5.00. The predicted molar refractivity (Wildman–Crippen MR) is 49.4 cm³/mol. The minimum absolute atomic E-state index is 0.0656. The lowest BCUT2D eigenvalue weighted by molar-refractivity contribution is -0.518. The number of carboxylic acid groups (broad SMARTS) is 1. The van der Waals surface area contributed by atoms with Gasteiger partial charge in [-0.25, -0.2) is 9.68 Å². The van der Waals surface area contributed by atoms with Crippen LogP contribution in [0.1, 0.15) is 41.0 Å². The average molecular weight is 206 g/mol. The van der Waals surface area contributed by atoms with E-state index < -0.39 is 11.8 Å². The van der Waals surface area contributed by atoms with Gasteiger partial charge in [0, 0.05) is 0 Å². The van der Waals surface area contributed by atoms with Gasteiger partial charge < -0.3 is 5.11 Å². The Morgan fingerprint density at radius 3 is 2.07 bits per heavy atom. The Kier molecular flexibility index (Phi) is 4.35. The summed E-state index contributed by atoms with van der Waals surface area (Å²) in [5.74, 6) is 0. The maximum absolute atomic E-state index is 9.94. The van der Waals surface area contributed by atoms with Crippen LogP contribution in [0.2, 0.25) is 0 Å². The zero-order valence-corrected chi connectivity index (χ0v) is 9.29. The van der Waals surface area contributed by atoms with Crippen molar-refractivity contribution in [1.82, 2.24) is 0 Å². The Morgan fingerprint density at radius 2 is 1.71 bits per heavy atom. The molecule has 0 aromatic carbocycles. The van der Waals surface area contributed by atoms with E-state index in [1.54, 1.807) is 13.8 Å². The molecule has 0 rings (SSSR count). The summed E-state index contributed by atoms with van der Waals surface area (Å²) in [4.78, 5) is 18.5. The van der Waals surface area contributed by atoms with Crippen LogP contribution in [0.25, 0.3) is 0 Å². The van der Waals surface area contributed by atoms with Gasteiger partial charge in [0.1, 0.15) is 5.60 Å². The largest absolute Gasteiger partial charge is 0.540 e. The molecule has 84 valence electrons. The van der Waals surface area contributed by atoms with E-state index in [0.717, 1.165) is 0 Å². The van der Waals surface area contributed by atoms with Crippen molar-refractivity contribution in [2.45, 2.75) is 46.6 Å². The Balaban J connectivity index is 3.89. The molecule has 0 atom stereocenters. The smallest absolute Gasteiger partial charge is 0.448 e. The molecule has 0 unspecified atom stereocenters. The van der Waals surface area contributed by atoms with Crippen LogP contribution in [0, 0.1) is 5.41 Å². The summed E-state index contributed by atoms with van der Waals surface area (Å²) in [6.07, 6.45) is -0.820. The zero-order chi connectivity index (χ0) is 11.4. The molecule has 0 saturated heterocycles. The van der Waals surface area contributed by atoms with Crippen molar-refractivity contribution in [3.8, 4) is 0 Å². The van der Waals surface area contributed by atoms with Gasteiger partial charge in [-0.15, -0.1) is 0 Å². The van der Waals surface area contributed by atoms with Gasteiger partial charge in [0.25, 0.3) is 0 Å². The van der Waals surface area contributed by atoms with Gasteiger partial charge in [0.05, 0.1) is 0 Å². The van der Waals surface area contributed by atoms with Crippen molar-refractivity contribution in [3.05, 3.63) is 0 Å². The number of hydrogen-bond acceptors (Lipinski definition) is 4. The molecule has 0 aliphatic rings. The van der Waals surface area contributed by atoms with Crippen molar-refractivity contribution < 1.29 is 24.7 Å². The molecule has 0 amide bonds. The molecule has 0 saturated carbocycles. The first-order valence-corrected chi connectivity index (χ1v) is 4.38. The molecule has 0 aromatic heterocycles. The minimum Gasteiger partial charge on any atom is -0.448 e. The SMILES string of the molecule is CC(C)(C)CC(C)(C)OOOC(=O)O. The third kappa shape index (κ3) is 7.82. The molecule has 5 heteroatoms. The van der Waals surface area contributed by atoms with Crippen molar-refractivity contribution in [3.63, 3.8) is 0 Å². The van der Waals surface area contributed by atoms with E-state index in [0.29, 0.717) is 6.42 Å². The Morgan fingerprint density at radius 1 is 1.21 bits per heavy atom. The van der Waals surface area contributed by atoms with E-state index in [2.05, 4.69) is 30.7 Å². The minimum atomic E-state index is -1.53. The first kappa shape index (κ1) is 13.2. The van der Waals surface area contributed by atoms with Gasteiger partial charge in [0.15, 0.2) is 0 Å². The lowest BCUT2D eigenvalue weighted by Crippen LogP contribution is -2.30. The Bertz CT molecular complexity index is 192. The lowest BCUT2D eigenvalue weighted by atomic mass is 9.84. The second kappa shape index (κ2) is 4.61. The topological polar surface area (TPSA) is 65.0 Å². The van der Waals surface area contributed by atoms with Crippen molar-refractivity contribution in [1.29, 1.82) is 0 Å². The number of rotatable bonds is 4. The zero-order valence-electron chi connectivity index (χ0n) is 9.29. The molecular formula is C9H18O5. The summed E-state index contributed by atoms with van der Waals surface area (Å²) in [6, 6.07) is 0. The molecule has 14 heavy (non-hydrogen) atoms. The van der Waals surface area contributed by atoms with Crippen LogP contribution >= 0.6 is 0 Å². The summed E-state index contributed by atoms with van der Waals surface area (Å²) < 4.78 is 0. The molecule has 1 N–H and O–H groups in total. The van der Waals surface area contributed by atoms with Crippen molar-refractivity contribution in [2.75, 3.05) is 0 Å². The predicted octanol–water partition coefficient (Wildman–Crippen LogP) is 2.76. The van der Waals surface area contributed by atoms with Gasteiger partial charge >= 0.3 is 6.16 Å². The van der Waals surface area contributed by atoms with Crippen LogP contribution in [0.4, 0.5) is 4.79 Å². The fraction of sp³-hybridized carbons (Fsp3) is 0.889. The molecule has 0 aromatic rings. The third-order valence-corrected chi connectivity index (χ3v) is 1.32. The van der Waals surface area contributed by atoms with Crippen LogP contribution in [0.5, 0.6) is 0 Å². The van der Waals surface area contributed by atoms with Crippen LogP contribution in [0.15, 0.2) is 0 Å². The summed E-state index contributed by atoms with van der Waals surface area (Å²) >= 11 is 0. The standard InChI is InChI=1S/C9H18O5/c1-8(2,3)6-9(4,5)13-14-12-7(10)11/h6H2,1-5H3,(H,10,11). The van der Waals surface area contributed by atoms with E-state index in [1.807, 2.05) is 0 Å². The summed E-state index contributed by atoms with van der Waals surface area (Å²) in [5.41, 5.74) is -0.524. The molecule has 5 nitrogen and oxygen atoms in total. The highest BCUT2D eigenvalue weighted by Gasteiger charge is 2.28. The normalized spacial score (nSPS) is 12.6. The Hall–Kier alpha value is -0.810. The van der Waals surface area contributed by atoms with Crippen molar-refractivity contribution in [2.24, 2.45) is 5.41 Å². The third-order valence-electron chi connectivity index (χ3n) is 1.32. The first-order chi connectivity index (χ1) is 6.12. The lowest BCUT2D eigenvalue weighted by Gasteiger charge is -2.29. The van der Waals surface area contributed by atoms with Gasteiger partial charge in [-0.3, -0.25) is 0 Å². The van der Waals surface area contributed by atoms with Crippen LogP contribution in [0.3, 0.4) is 0 Å². The fourth-order valence-electron chi connectivity index (χ4n) is 1.44. The summed E-state index contributed by atoms with van der Waals surface area (Å²) in [6.45, 7) is 9.75. The molecule has 0 heterocycles. The maximum atomic E-state index is 9.94. The van der Waals surface area contributed by atoms with Crippen LogP contribution in [-0.2, 0) is 14.8 Å². The molecule has 0 bridgehead atoms. The maximum Gasteiger partial charge on any atom is 0.540 e. The van der Waals surface area contributed by atoms with Crippen LogP contribution in [-0.4, -0.2) is 16.9 Å². The summed E-state index contributed by atoms with van der Waals surface area (Å²) in [5, 5.41) is 12.2. The van der Waals surface area contributed by atoms with Gasteiger partial charge in [-0.2, -0.15) is 4.89 Å². The van der Waals surface area contributed by atoms with E-state index in [-0.39, 0.29) is 5.41 Å². The quantitative estimate of drug-likeness (QED) is 0.566. The highest BCUT2D eigenvalue weighted by molar-refractivity contribution is 5.55. The highest BCUT2D eigenvalue weighted by atomic mass is 17.5. The van der Waals surface area contributed by atoms with E-state index in [4.69, 9.17) is 9.99 Å². The first-order valence-electron chi connectivity index (χ1n) is 4.38. The van der Waals surface area contributed by atoms with E-state index in [1.165, 1.54) is 0 Å². The Labute approximate surface area is 83.8 Å². The molecule has 0 aliphatic carbocycles. The van der Waals surface area contributed by atoms with Gasteiger partial charge in [-0.05, 0) is 30.7 Å². The van der Waals surface area contributed by atoms with Gasteiger partial charge in [-0.1, -0.05) is 20.8 Å². The fourth-order valence-corrected chi connectivity index (χ4v) is 1.44. The van der Waals surface area contributed by atoms with E-state index >= 15 is 0 Å². The average Bonchev–Trinajstić information content (AvgIpc) is 1.78. The number of carbonyl (C=O) groups is 1. The molecule has 0 aliphatic heterocycles. The molecule has 0 radical (unpaired) electrons. The summed E-state index contributed by atoms with van der Waals surface area (Å²) in [7, 11) is 0. The van der Waals surface area contributed by atoms with E-state index in [9.17, 15) is 4.79 Å². The molecule has 0 fully saturated rings. The van der Waals surface area contributed by atoms with Crippen LogP contribution < -0.4 is 0 Å².